The molecule has 3 heteroatoms. The molecule has 0 aromatic carbocycles. The Morgan fingerprint density at radius 1 is 1.67 bits per heavy atom. The number of thiophene rings is 1. The van der Waals surface area contributed by atoms with Crippen LogP contribution in [-0.4, -0.2) is 6.08 Å². The topological polar surface area (TPSA) is 29.4 Å². The number of aliphatic imine (C=N–C) groups is 1. The second kappa shape index (κ2) is 3.21. The van der Waals surface area contributed by atoms with E-state index >= 15 is 0 Å². The third-order valence-electron chi connectivity index (χ3n) is 2.23. The molecule has 1 heterocycles. The Labute approximate surface area is 74.9 Å². The highest BCUT2D eigenvalue weighted by Crippen LogP contribution is 2.35. The first-order valence-electron chi connectivity index (χ1n) is 4.05. The molecule has 1 atom stereocenters. The van der Waals surface area contributed by atoms with E-state index in [4.69, 9.17) is 0 Å². The summed E-state index contributed by atoms with van der Waals surface area (Å²) in [4.78, 5) is 15.3. The number of hydrogen-bond donors (Lipinski definition) is 0. The van der Waals surface area contributed by atoms with Gasteiger partial charge in [0.05, 0.1) is 6.04 Å². The molecule has 0 saturated heterocycles. The van der Waals surface area contributed by atoms with Gasteiger partial charge < -0.3 is 0 Å². The van der Waals surface area contributed by atoms with E-state index in [1.165, 1.54) is 10.4 Å². The molecule has 0 spiro atoms. The molecule has 0 fully saturated rings. The van der Waals surface area contributed by atoms with Crippen molar-refractivity contribution in [3.63, 3.8) is 0 Å². The van der Waals surface area contributed by atoms with Gasteiger partial charge in [-0.25, -0.2) is 4.79 Å². The van der Waals surface area contributed by atoms with Crippen LogP contribution in [0.4, 0.5) is 0 Å². The maximum absolute atomic E-state index is 10.1. The first-order chi connectivity index (χ1) is 5.92. The van der Waals surface area contributed by atoms with Gasteiger partial charge in [-0.1, -0.05) is 0 Å². The maximum atomic E-state index is 10.1. The number of isocyanates is 1. The third kappa shape index (κ3) is 1.22. The Hall–Kier alpha value is -0.920. The van der Waals surface area contributed by atoms with Gasteiger partial charge in [-0.15, -0.1) is 11.3 Å². The van der Waals surface area contributed by atoms with Gasteiger partial charge in [0.1, 0.15) is 0 Å². The van der Waals surface area contributed by atoms with E-state index < -0.39 is 0 Å². The van der Waals surface area contributed by atoms with E-state index in [2.05, 4.69) is 16.4 Å². The fraction of sp³-hybridized carbons (Fsp3) is 0.444. The molecule has 1 aliphatic carbocycles. The molecule has 0 radical (unpaired) electrons. The van der Waals surface area contributed by atoms with Crippen molar-refractivity contribution >= 4 is 17.4 Å². The van der Waals surface area contributed by atoms with Crippen molar-refractivity contribution in [2.45, 2.75) is 25.3 Å². The molecule has 0 bridgehead atoms. The monoisotopic (exact) mass is 179 g/mol. The van der Waals surface area contributed by atoms with Crippen LogP contribution in [0, 0.1) is 0 Å². The molecule has 0 N–H and O–H groups in total. The minimum absolute atomic E-state index is 0.0949. The standard InChI is InChI=1S/C9H9NOS/c11-6-10-8-2-1-3-9-7(8)4-5-12-9/h4-5,8H,1-3H2/t8-/m1/s1. The lowest BCUT2D eigenvalue weighted by atomic mass is 9.95. The lowest BCUT2D eigenvalue weighted by Gasteiger charge is -2.16. The summed E-state index contributed by atoms with van der Waals surface area (Å²) in [5.74, 6) is 0. The van der Waals surface area contributed by atoms with E-state index in [9.17, 15) is 4.79 Å². The van der Waals surface area contributed by atoms with Crippen molar-refractivity contribution in [3.05, 3.63) is 21.9 Å². The van der Waals surface area contributed by atoms with Crippen molar-refractivity contribution < 1.29 is 4.79 Å². The van der Waals surface area contributed by atoms with Crippen molar-refractivity contribution in [2.24, 2.45) is 4.99 Å². The van der Waals surface area contributed by atoms with Gasteiger partial charge in [-0.05, 0) is 36.3 Å². The van der Waals surface area contributed by atoms with E-state index in [-0.39, 0.29) is 6.04 Å². The zero-order valence-corrected chi connectivity index (χ0v) is 7.43. The zero-order chi connectivity index (χ0) is 8.39. The van der Waals surface area contributed by atoms with Gasteiger partial charge in [0, 0.05) is 4.88 Å². The summed E-state index contributed by atoms with van der Waals surface area (Å²) in [6.45, 7) is 0. The highest BCUT2D eigenvalue weighted by molar-refractivity contribution is 7.10. The summed E-state index contributed by atoms with van der Waals surface area (Å²) in [5, 5.41) is 2.07. The van der Waals surface area contributed by atoms with Crippen molar-refractivity contribution in [1.82, 2.24) is 0 Å². The van der Waals surface area contributed by atoms with E-state index in [1.807, 2.05) is 0 Å². The van der Waals surface area contributed by atoms with E-state index in [0.717, 1.165) is 19.3 Å². The minimum Gasteiger partial charge on any atom is -0.211 e. The lowest BCUT2D eigenvalue weighted by Crippen LogP contribution is -2.04. The van der Waals surface area contributed by atoms with Crippen molar-refractivity contribution in [1.29, 1.82) is 0 Å². The van der Waals surface area contributed by atoms with Crippen molar-refractivity contribution in [3.8, 4) is 0 Å². The van der Waals surface area contributed by atoms with Crippen LogP contribution in [0.15, 0.2) is 16.4 Å². The largest absolute Gasteiger partial charge is 0.235 e. The maximum Gasteiger partial charge on any atom is 0.235 e. The molecule has 1 aromatic heterocycles. The van der Waals surface area contributed by atoms with E-state index in [1.54, 1.807) is 17.4 Å². The van der Waals surface area contributed by atoms with Gasteiger partial charge in [-0.2, -0.15) is 4.99 Å². The molecule has 2 rings (SSSR count). The predicted molar refractivity (Wildman–Crippen MR) is 48.1 cm³/mol. The number of rotatable bonds is 1. The summed E-state index contributed by atoms with van der Waals surface area (Å²) in [7, 11) is 0. The van der Waals surface area contributed by atoms with Gasteiger partial charge in [0.25, 0.3) is 0 Å². The predicted octanol–water partition coefficient (Wildman–Crippen LogP) is 2.46. The minimum atomic E-state index is 0.0949. The van der Waals surface area contributed by atoms with Gasteiger partial charge in [0.2, 0.25) is 6.08 Å². The number of fused-ring (bicyclic) bond motifs is 1. The number of carbonyl (C=O) groups excluding carboxylic acids is 1. The Kier molecular flexibility index (Phi) is 2.07. The van der Waals surface area contributed by atoms with E-state index in [0.29, 0.717) is 0 Å². The Morgan fingerprint density at radius 2 is 2.58 bits per heavy atom. The molecule has 0 aliphatic heterocycles. The Morgan fingerprint density at radius 3 is 3.42 bits per heavy atom. The summed E-state index contributed by atoms with van der Waals surface area (Å²) in [5.41, 5.74) is 1.25. The molecule has 0 unspecified atom stereocenters. The molecule has 2 nitrogen and oxygen atoms in total. The summed E-state index contributed by atoms with van der Waals surface area (Å²) < 4.78 is 0. The molecule has 0 amide bonds. The summed E-state index contributed by atoms with van der Waals surface area (Å²) >= 11 is 1.77. The summed E-state index contributed by atoms with van der Waals surface area (Å²) in [6.07, 6.45) is 4.94. The first kappa shape index (κ1) is 7.71. The second-order valence-corrected chi connectivity index (χ2v) is 3.93. The van der Waals surface area contributed by atoms with Gasteiger partial charge >= 0.3 is 0 Å². The molecule has 62 valence electrons. The Bertz CT molecular complexity index is 325. The van der Waals surface area contributed by atoms with Crippen LogP contribution in [0.2, 0.25) is 0 Å². The van der Waals surface area contributed by atoms with Gasteiger partial charge in [-0.3, -0.25) is 0 Å². The number of aryl methyl sites for hydroxylation is 1. The molecular weight excluding hydrogens is 170 g/mol. The number of nitrogens with zero attached hydrogens (tertiary/aromatic N) is 1. The molecule has 0 saturated carbocycles. The molecule has 12 heavy (non-hydrogen) atoms. The lowest BCUT2D eigenvalue weighted by molar-refractivity contribution is 0.540. The fourth-order valence-electron chi connectivity index (χ4n) is 1.66. The van der Waals surface area contributed by atoms with Crippen LogP contribution < -0.4 is 0 Å². The van der Waals surface area contributed by atoms with Crippen LogP contribution in [0.1, 0.15) is 29.3 Å². The second-order valence-electron chi connectivity index (χ2n) is 2.93. The fourth-order valence-corrected chi connectivity index (χ4v) is 2.64. The van der Waals surface area contributed by atoms with Crippen LogP contribution in [0.5, 0.6) is 0 Å². The summed E-state index contributed by atoms with van der Waals surface area (Å²) in [6, 6.07) is 2.17. The smallest absolute Gasteiger partial charge is 0.211 e. The molecule has 1 aromatic rings. The quantitative estimate of drug-likeness (QED) is 0.481. The molecular formula is C9H9NOS. The van der Waals surface area contributed by atoms with Crippen LogP contribution in [0.3, 0.4) is 0 Å². The van der Waals surface area contributed by atoms with Gasteiger partial charge in [0.15, 0.2) is 0 Å². The Balaban J connectivity index is 2.37. The number of hydrogen-bond acceptors (Lipinski definition) is 3. The van der Waals surface area contributed by atoms with Crippen LogP contribution in [0.25, 0.3) is 0 Å². The average Bonchev–Trinajstić information content (AvgIpc) is 2.53. The highest BCUT2D eigenvalue weighted by Gasteiger charge is 2.19. The highest BCUT2D eigenvalue weighted by atomic mass is 32.1. The van der Waals surface area contributed by atoms with Crippen LogP contribution in [-0.2, 0) is 11.2 Å². The normalized spacial score (nSPS) is 21.2. The average molecular weight is 179 g/mol. The molecule has 1 aliphatic rings. The first-order valence-corrected chi connectivity index (χ1v) is 4.93. The zero-order valence-electron chi connectivity index (χ0n) is 6.62. The van der Waals surface area contributed by atoms with Crippen molar-refractivity contribution in [2.75, 3.05) is 0 Å². The SMILES string of the molecule is O=C=N[C@@H]1CCCc2sccc21. The van der Waals surface area contributed by atoms with Crippen LogP contribution >= 0.6 is 11.3 Å². The third-order valence-corrected chi connectivity index (χ3v) is 3.23.